The highest BCUT2D eigenvalue weighted by atomic mass is 16.5. The molecule has 1 heterocycles. The van der Waals surface area contributed by atoms with Crippen LogP contribution in [-0.4, -0.2) is 18.2 Å². The molecule has 0 bridgehead atoms. The van der Waals surface area contributed by atoms with Crippen LogP contribution in [0.25, 0.3) is 16.0 Å². The largest absolute Gasteiger partial charge is 0.361 e. The number of benzene rings is 2. The third kappa shape index (κ3) is 4.08. The van der Waals surface area contributed by atoms with Gasteiger partial charge in [0.25, 0.3) is 5.54 Å². The molecular formula is C26H30N4O. The molecule has 5 heteroatoms. The van der Waals surface area contributed by atoms with Gasteiger partial charge in [-0.05, 0) is 81.6 Å². The number of hydrogen-bond acceptors (Lipinski definition) is 4. The van der Waals surface area contributed by atoms with E-state index in [1.54, 1.807) is 0 Å². The zero-order valence-corrected chi connectivity index (χ0v) is 18.6. The first-order valence-corrected chi connectivity index (χ1v) is 11.0. The molecule has 0 atom stereocenters. The lowest BCUT2D eigenvalue weighted by Gasteiger charge is -2.27. The molecule has 2 N–H and O–H groups in total. The fourth-order valence-corrected chi connectivity index (χ4v) is 4.29. The molecule has 1 fully saturated rings. The molecule has 0 amide bonds. The predicted molar refractivity (Wildman–Crippen MR) is 125 cm³/mol. The second-order valence-corrected chi connectivity index (χ2v) is 8.54. The van der Waals surface area contributed by atoms with E-state index >= 15 is 0 Å². The van der Waals surface area contributed by atoms with Crippen molar-refractivity contribution in [1.82, 2.24) is 5.16 Å². The van der Waals surface area contributed by atoms with E-state index in [0.29, 0.717) is 6.54 Å². The van der Waals surface area contributed by atoms with Gasteiger partial charge in [0.2, 0.25) is 0 Å². The van der Waals surface area contributed by atoms with Crippen LogP contribution in [0.15, 0.2) is 47.0 Å². The number of aromatic nitrogens is 1. The van der Waals surface area contributed by atoms with Crippen LogP contribution in [0, 0.1) is 27.3 Å². The second kappa shape index (κ2) is 8.56. The summed E-state index contributed by atoms with van der Waals surface area (Å²) >= 11 is 0. The molecule has 1 aromatic heterocycles. The van der Waals surface area contributed by atoms with Gasteiger partial charge >= 0.3 is 0 Å². The number of aryl methyl sites for hydroxylation is 3. The summed E-state index contributed by atoms with van der Waals surface area (Å²) in [5.41, 5.74) is 13.2. The van der Waals surface area contributed by atoms with Crippen molar-refractivity contribution in [3.05, 3.63) is 76.5 Å². The van der Waals surface area contributed by atoms with Gasteiger partial charge in [-0.1, -0.05) is 17.3 Å². The van der Waals surface area contributed by atoms with Gasteiger partial charge in [0.05, 0.1) is 5.69 Å². The smallest absolute Gasteiger partial charge is 0.258 e. The Kier molecular flexibility index (Phi) is 5.84. The minimum absolute atomic E-state index is 0.276. The maximum Gasteiger partial charge on any atom is 0.258 e. The van der Waals surface area contributed by atoms with Crippen LogP contribution in [0.5, 0.6) is 0 Å². The van der Waals surface area contributed by atoms with E-state index < -0.39 is 0 Å². The normalized spacial score (nSPS) is 14.3. The number of hydrogen-bond donors (Lipinski definition) is 1. The highest BCUT2D eigenvalue weighted by molar-refractivity contribution is 5.76. The molecule has 1 aliphatic rings. The summed E-state index contributed by atoms with van der Waals surface area (Å²) < 4.78 is 5.40. The van der Waals surface area contributed by atoms with Crippen LogP contribution in [-0.2, 0) is 5.54 Å². The van der Waals surface area contributed by atoms with Crippen molar-refractivity contribution in [3.63, 3.8) is 0 Å². The van der Waals surface area contributed by atoms with Crippen LogP contribution in [0.3, 0.4) is 0 Å². The third-order valence-corrected chi connectivity index (χ3v) is 6.31. The van der Waals surface area contributed by atoms with Gasteiger partial charge in [-0.25, -0.2) is 6.57 Å². The number of rotatable bonds is 8. The van der Waals surface area contributed by atoms with E-state index in [-0.39, 0.29) is 5.54 Å². The summed E-state index contributed by atoms with van der Waals surface area (Å²) in [6.45, 7) is 15.2. The van der Waals surface area contributed by atoms with Crippen molar-refractivity contribution < 1.29 is 4.52 Å². The molecular weight excluding hydrogens is 384 g/mol. The Morgan fingerprint density at radius 2 is 1.84 bits per heavy atom. The molecule has 1 aliphatic carbocycles. The minimum atomic E-state index is -0.276. The Balaban J connectivity index is 1.73. The van der Waals surface area contributed by atoms with Crippen molar-refractivity contribution in [3.8, 4) is 11.1 Å². The third-order valence-electron chi connectivity index (χ3n) is 6.31. The maximum absolute atomic E-state index is 7.53. The fraction of sp³-hybridized carbons (Fsp3) is 0.385. The Morgan fingerprint density at radius 3 is 2.42 bits per heavy atom. The van der Waals surface area contributed by atoms with Gasteiger partial charge < -0.3 is 20.0 Å². The zero-order valence-electron chi connectivity index (χ0n) is 18.6. The second-order valence-electron chi connectivity index (χ2n) is 8.54. The van der Waals surface area contributed by atoms with E-state index in [2.05, 4.69) is 64.3 Å². The molecule has 31 heavy (non-hydrogen) atoms. The average Bonchev–Trinajstić information content (AvgIpc) is 3.51. The van der Waals surface area contributed by atoms with Gasteiger partial charge in [-0.2, -0.15) is 0 Å². The van der Waals surface area contributed by atoms with Gasteiger partial charge in [-0.15, -0.1) is 0 Å². The average molecular weight is 415 g/mol. The molecule has 0 saturated heterocycles. The zero-order chi connectivity index (χ0) is 22.0. The van der Waals surface area contributed by atoms with Crippen LogP contribution in [0.4, 0.5) is 11.4 Å². The van der Waals surface area contributed by atoms with E-state index in [4.69, 9.17) is 16.8 Å². The first kappa shape index (κ1) is 21.1. The van der Waals surface area contributed by atoms with Crippen LogP contribution in [0.2, 0.25) is 0 Å². The van der Waals surface area contributed by atoms with Crippen LogP contribution >= 0.6 is 0 Å². The van der Waals surface area contributed by atoms with Crippen molar-refractivity contribution in [2.75, 3.05) is 18.0 Å². The molecule has 1 saturated carbocycles. The number of nitrogens with two attached hydrogens (primary N) is 1. The molecule has 5 nitrogen and oxygen atoms in total. The van der Waals surface area contributed by atoms with Crippen molar-refractivity contribution in [1.29, 1.82) is 0 Å². The van der Waals surface area contributed by atoms with Crippen LogP contribution in [0.1, 0.15) is 48.3 Å². The Morgan fingerprint density at radius 1 is 1.10 bits per heavy atom. The van der Waals surface area contributed by atoms with Gasteiger partial charge in [-0.3, -0.25) is 0 Å². The maximum atomic E-state index is 7.53. The lowest BCUT2D eigenvalue weighted by molar-refractivity contribution is 0.393. The number of nitrogens with zero attached hydrogens (tertiary/aromatic N) is 3. The van der Waals surface area contributed by atoms with Gasteiger partial charge in [0.1, 0.15) is 5.76 Å². The van der Waals surface area contributed by atoms with Gasteiger partial charge in [0.15, 0.2) is 0 Å². The number of unbranched alkanes of at least 4 members (excludes halogenated alkanes) is 1. The first-order chi connectivity index (χ1) is 15.0. The Labute approximate surface area is 184 Å². The molecule has 2 aromatic carbocycles. The monoisotopic (exact) mass is 414 g/mol. The molecule has 0 aliphatic heterocycles. The number of anilines is 2. The lowest BCUT2D eigenvalue weighted by Crippen LogP contribution is -2.20. The quantitative estimate of drug-likeness (QED) is 0.360. The summed E-state index contributed by atoms with van der Waals surface area (Å²) in [7, 11) is 0. The minimum Gasteiger partial charge on any atom is -0.361 e. The van der Waals surface area contributed by atoms with Crippen molar-refractivity contribution >= 4 is 11.4 Å². The van der Waals surface area contributed by atoms with E-state index in [9.17, 15) is 0 Å². The first-order valence-electron chi connectivity index (χ1n) is 11.0. The summed E-state index contributed by atoms with van der Waals surface area (Å²) in [5.74, 6) is 0.834. The van der Waals surface area contributed by atoms with Crippen molar-refractivity contribution in [2.45, 2.75) is 52.0 Å². The molecule has 0 spiro atoms. The van der Waals surface area contributed by atoms with E-state index in [1.807, 2.05) is 13.8 Å². The van der Waals surface area contributed by atoms with Crippen LogP contribution < -0.4 is 10.6 Å². The summed E-state index contributed by atoms with van der Waals surface area (Å²) in [6.07, 6.45) is 3.93. The van der Waals surface area contributed by atoms with Crippen molar-refractivity contribution in [2.24, 2.45) is 5.73 Å². The van der Waals surface area contributed by atoms with Gasteiger partial charge in [0, 0.05) is 41.9 Å². The fourth-order valence-electron chi connectivity index (χ4n) is 4.29. The molecule has 160 valence electrons. The molecule has 4 rings (SSSR count). The SMILES string of the molecule is [C-]#[N+]C1(c2ccc(N(CCCCN)c3cc(-c4c(C)noc4C)ccc3C)cc2)CC1. The lowest BCUT2D eigenvalue weighted by atomic mass is 10.00. The summed E-state index contributed by atoms with van der Waals surface area (Å²) in [6, 6.07) is 15.1. The predicted octanol–water partition coefficient (Wildman–Crippen LogP) is 6.05. The van der Waals surface area contributed by atoms with E-state index in [1.165, 1.54) is 11.3 Å². The molecule has 3 aromatic rings. The Bertz CT molecular complexity index is 1080. The highest BCUT2D eigenvalue weighted by Crippen LogP contribution is 2.50. The molecule has 0 unspecified atom stereocenters. The van der Waals surface area contributed by atoms with E-state index in [0.717, 1.165) is 66.1 Å². The standard InChI is InChI=1S/C26H30N4O/c1-18-7-8-21(25-19(2)29-31-20(25)3)17-24(18)30(16-6-5-15-27)23-11-9-22(10-12-23)26(28-4)13-14-26/h7-12,17H,5-6,13-16,27H2,1-3H3. The molecule has 0 radical (unpaired) electrons. The topological polar surface area (TPSA) is 59.6 Å². The summed E-state index contributed by atoms with van der Waals surface area (Å²) in [4.78, 5) is 6.24. The summed E-state index contributed by atoms with van der Waals surface area (Å²) in [5, 5.41) is 4.13. The highest BCUT2D eigenvalue weighted by Gasteiger charge is 2.52. The Hall–Kier alpha value is -3.10.